The zero-order chi connectivity index (χ0) is 12.7. The van der Waals surface area contributed by atoms with Gasteiger partial charge in [-0.25, -0.2) is 4.98 Å². The molecular weight excluding hydrogens is 220 g/mol. The summed E-state index contributed by atoms with van der Waals surface area (Å²) in [4.78, 5) is 4.01. The van der Waals surface area contributed by atoms with Crippen LogP contribution in [0.1, 0.15) is 33.4 Å². The molecule has 0 aliphatic rings. The molecule has 0 spiro atoms. The minimum atomic E-state index is 0.580. The largest absolute Gasteiger partial charge is 0.348 e. The quantitative estimate of drug-likeness (QED) is 0.616. The average Bonchev–Trinajstić information content (AvgIpc) is 2.63. The highest BCUT2D eigenvalue weighted by Crippen LogP contribution is 2.23. The van der Waals surface area contributed by atoms with Crippen LogP contribution in [0.25, 0.3) is 10.9 Å². The van der Waals surface area contributed by atoms with E-state index in [-0.39, 0.29) is 0 Å². The lowest BCUT2D eigenvalue weighted by molar-refractivity contribution is 0.917. The van der Waals surface area contributed by atoms with Gasteiger partial charge < -0.3 is 4.57 Å². The van der Waals surface area contributed by atoms with Crippen LogP contribution in [0.15, 0.2) is 18.3 Å². The van der Waals surface area contributed by atoms with Crippen LogP contribution < -0.4 is 0 Å². The van der Waals surface area contributed by atoms with Crippen molar-refractivity contribution in [3.8, 4) is 0 Å². The maximum Gasteiger partial charge on any atom is 0.138 e. The van der Waals surface area contributed by atoms with Crippen LogP contribution >= 0.6 is 11.6 Å². The van der Waals surface area contributed by atoms with E-state index in [1.807, 2.05) is 46.9 Å². The van der Waals surface area contributed by atoms with Crippen LogP contribution in [0.2, 0.25) is 5.15 Å². The molecule has 0 saturated carbocycles. The van der Waals surface area contributed by atoms with Gasteiger partial charge in [-0.3, -0.25) is 0 Å². The van der Waals surface area contributed by atoms with Gasteiger partial charge in [-0.1, -0.05) is 39.3 Å². The van der Waals surface area contributed by atoms with Gasteiger partial charge in [0.1, 0.15) is 5.15 Å². The third-order valence-electron chi connectivity index (χ3n) is 2.16. The highest BCUT2D eigenvalue weighted by Gasteiger charge is 2.04. The topological polar surface area (TPSA) is 17.8 Å². The van der Waals surface area contributed by atoms with Crippen molar-refractivity contribution in [2.45, 2.75) is 34.6 Å². The van der Waals surface area contributed by atoms with Crippen LogP contribution in [0.3, 0.4) is 0 Å². The SMILES string of the molecule is CC.CC.Cc1cc2c(Cl)nccc2n1C. The Hall–Kier alpha value is -1.02. The van der Waals surface area contributed by atoms with Crippen molar-refractivity contribution in [2.24, 2.45) is 7.05 Å². The monoisotopic (exact) mass is 240 g/mol. The van der Waals surface area contributed by atoms with Crippen LogP contribution in [-0.2, 0) is 7.05 Å². The fraction of sp³-hybridized carbons (Fsp3) is 0.462. The molecule has 0 saturated heterocycles. The Kier molecular flexibility index (Phi) is 6.82. The summed E-state index contributed by atoms with van der Waals surface area (Å²) in [5.74, 6) is 0. The van der Waals surface area contributed by atoms with E-state index >= 15 is 0 Å². The molecule has 0 unspecified atom stereocenters. The van der Waals surface area contributed by atoms with Crippen molar-refractivity contribution < 1.29 is 0 Å². The number of hydrogen-bond acceptors (Lipinski definition) is 1. The summed E-state index contributed by atoms with van der Waals surface area (Å²) in [6, 6.07) is 4.01. The predicted octanol–water partition coefficient (Wildman–Crippen LogP) is 4.59. The van der Waals surface area contributed by atoms with E-state index in [9.17, 15) is 0 Å². The van der Waals surface area contributed by atoms with Gasteiger partial charge in [-0.05, 0) is 19.1 Å². The third-order valence-corrected chi connectivity index (χ3v) is 2.46. The van der Waals surface area contributed by atoms with Gasteiger partial charge in [0, 0.05) is 24.3 Å². The summed E-state index contributed by atoms with van der Waals surface area (Å²) >= 11 is 5.92. The van der Waals surface area contributed by atoms with E-state index < -0.39 is 0 Å². The Balaban J connectivity index is 0.000000509. The van der Waals surface area contributed by atoms with Crippen molar-refractivity contribution in [1.29, 1.82) is 0 Å². The number of rotatable bonds is 0. The Morgan fingerprint density at radius 3 is 2.25 bits per heavy atom. The molecule has 0 aromatic carbocycles. The first-order valence-electron chi connectivity index (χ1n) is 5.76. The fourth-order valence-corrected chi connectivity index (χ4v) is 1.57. The maximum absolute atomic E-state index is 5.92. The molecule has 0 aliphatic heterocycles. The molecule has 2 heterocycles. The van der Waals surface area contributed by atoms with Crippen molar-refractivity contribution in [3.05, 3.63) is 29.2 Å². The summed E-state index contributed by atoms with van der Waals surface area (Å²) < 4.78 is 2.10. The number of hydrogen-bond donors (Lipinski definition) is 0. The fourth-order valence-electron chi connectivity index (χ4n) is 1.36. The number of pyridine rings is 1. The van der Waals surface area contributed by atoms with Gasteiger partial charge in [0.25, 0.3) is 0 Å². The lowest BCUT2D eigenvalue weighted by atomic mass is 10.3. The molecule has 0 N–H and O–H groups in total. The summed E-state index contributed by atoms with van der Waals surface area (Å²) in [5.41, 5.74) is 2.33. The van der Waals surface area contributed by atoms with E-state index in [2.05, 4.69) is 16.5 Å². The Morgan fingerprint density at radius 2 is 1.75 bits per heavy atom. The Labute approximate surface area is 103 Å². The van der Waals surface area contributed by atoms with Gasteiger partial charge in [0.05, 0.1) is 5.52 Å². The lowest BCUT2D eigenvalue weighted by Crippen LogP contribution is -1.88. The molecule has 0 fully saturated rings. The second kappa shape index (κ2) is 7.29. The first-order chi connectivity index (χ1) is 7.70. The predicted molar refractivity (Wildman–Crippen MR) is 73.2 cm³/mol. The standard InChI is InChI=1S/C9H9ClN2.2C2H6/c1-6-5-7-8(12(6)2)3-4-11-9(7)10;2*1-2/h3-5H,1-2H3;2*1-2H3. The molecule has 0 amide bonds. The Morgan fingerprint density at radius 1 is 1.19 bits per heavy atom. The zero-order valence-corrected chi connectivity index (χ0v) is 11.8. The van der Waals surface area contributed by atoms with Crippen molar-refractivity contribution in [3.63, 3.8) is 0 Å². The lowest BCUT2D eigenvalue weighted by Gasteiger charge is -1.97. The number of nitrogens with zero attached hydrogens (tertiary/aromatic N) is 2. The van der Waals surface area contributed by atoms with E-state index in [1.165, 1.54) is 5.69 Å². The van der Waals surface area contributed by atoms with E-state index in [4.69, 9.17) is 11.6 Å². The van der Waals surface area contributed by atoms with Crippen molar-refractivity contribution >= 4 is 22.5 Å². The highest BCUT2D eigenvalue weighted by molar-refractivity contribution is 6.34. The second-order valence-electron chi connectivity index (χ2n) is 2.88. The first-order valence-corrected chi connectivity index (χ1v) is 6.14. The van der Waals surface area contributed by atoms with Gasteiger partial charge in [0.15, 0.2) is 0 Å². The van der Waals surface area contributed by atoms with Crippen LogP contribution in [-0.4, -0.2) is 9.55 Å². The van der Waals surface area contributed by atoms with E-state index in [1.54, 1.807) is 6.20 Å². The van der Waals surface area contributed by atoms with Crippen LogP contribution in [0.5, 0.6) is 0 Å². The van der Waals surface area contributed by atoms with Gasteiger partial charge in [-0.15, -0.1) is 0 Å². The van der Waals surface area contributed by atoms with Gasteiger partial charge >= 0.3 is 0 Å². The van der Waals surface area contributed by atoms with Crippen molar-refractivity contribution in [2.75, 3.05) is 0 Å². The molecule has 0 atom stereocenters. The minimum absolute atomic E-state index is 0.580. The normalized spacial score (nSPS) is 8.94. The second-order valence-corrected chi connectivity index (χ2v) is 3.24. The molecule has 90 valence electrons. The number of aryl methyl sites for hydroxylation is 2. The summed E-state index contributed by atoms with van der Waals surface area (Å²) in [6.45, 7) is 10.1. The Bertz CT molecular complexity index is 433. The summed E-state index contributed by atoms with van der Waals surface area (Å²) in [7, 11) is 2.02. The average molecular weight is 241 g/mol. The molecule has 2 rings (SSSR count). The van der Waals surface area contributed by atoms with Crippen molar-refractivity contribution in [1.82, 2.24) is 9.55 Å². The maximum atomic E-state index is 5.92. The molecule has 2 aromatic heterocycles. The number of aromatic nitrogens is 2. The molecule has 3 heteroatoms. The van der Waals surface area contributed by atoms with Gasteiger partial charge in [0.2, 0.25) is 0 Å². The van der Waals surface area contributed by atoms with Gasteiger partial charge in [-0.2, -0.15) is 0 Å². The number of halogens is 1. The molecule has 0 radical (unpaired) electrons. The molecule has 2 aromatic rings. The summed E-state index contributed by atoms with van der Waals surface area (Å²) in [6.07, 6.45) is 1.73. The molecule has 16 heavy (non-hydrogen) atoms. The number of fused-ring (bicyclic) bond motifs is 1. The molecule has 2 nitrogen and oxygen atoms in total. The zero-order valence-electron chi connectivity index (χ0n) is 11.0. The van der Waals surface area contributed by atoms with Crippen LogP contribution in [0.4, 0.5) is 0 Å². The molecule has 0 aliphatic carbocycles. The first kappa shape index (κ1) is 15.0. The van der Waals surface area contributed by atoms with E-state index in [0.717, 1.165) is 10.9 Å². The van der Waals surface area contributed by atoms with E-state index in [0.29, 0.717) is 5.15 Å². The minimum Gasteiger partial charge on any atom is -0.348 e. The smallest absolute Gasteiger partial charge is 0.138 e. The third kappa shape index (κ3) is 2.99. The highest BCUT2D eigenvalue weighted by atomic mass is 35.5. The summed E-state index contributed by atoms with van der Waals surface area (Å²) in [5, 5.41) is 1.61. The molecular formula is C13H21ClN2. The van der Waals surface area contributed by atoms with Crippen LogP contribution in [0, 0.1) is 6.92 Å². The molecule has 0 bridgehead atoms.